The van der Waals surface area contributed by atoms with Gasteiger partial charge in [0, 0.05) is 12.4 Å². The van der Waals surface area contributed by atoms with E-state index < -0.39 is 0 Å². The van der Waals surface area contributed by atoms with Gasteiger partial charge in [-0.25, -0.2) is 9.78 Å². The maximum Gasteiger partial charge on any atom is 0.314 e. The van der Waals surface area contributed by atoms with E-state index in [1.165, 1.54) is 23.1 Å². The fourth-order valence-electron chi connectivity index (χ4n) is 1.44. The number of nitrogens with two attached hydrogens (primary N) is 1. The predicted molar refractivity (Wildman–Crippen MR) is 85.9 cm³/mol. The third-order valence-electron chi connectivity index (χ3n) is 2.47. The van der Waals surface area contributed by atoms with Gasteiger partial charge in [0.1, 0.15) is 11.5 Å². The van der Waals surface area contributed by atoms with Gasteiger partial charge in [0.05, 0.1) is 6.54 Å². The number of hydrogen-bond donors (Lipinski definition) is 3. The molecule has 0 aliphatic rings. The fourth-order valence-corrected chi connectivity index (χ4v) is 2.36. The molecule has 2 amide bonds. The molecule has 0 atom stereocenters. The van der Waals surface area contributed by atoms with E-state index in [0.29, 0.717) is 34.1 Å². The second-order valence-corrected chi connectivity index (χ2v) is 5.53. The van der Waals surface area contributed by atoms with Crippen molar-refractivity contribution in [1.29, 1.82) is 0 Å². The normalized spacial score (nSPS) is 11.4. The minimum Gasteiger partial charge on any atom is -0.458 e. The predicted octanol–water partition coefficient (Wildman–Crippen LogP) is 2.14. The molecule has 0 spiro atoms. The number of amides is 2. The molecule has 0 bridgehead atoms. The molecule has 0 radical (unpaired) electrons. The number of amidine groups is 1. The summed E-state index contributed by atoms with van der Waals surface area (Å²) in [5.74, 6) is 1.28. The first-order chi connectivity index (χ1) is 10.1. The third kappa shape index (κ3) is 4.23. The molecule has 21 heavy (non-hydrogen) atoms. The van der Waals surface area contributed by atoms with Crippen molar-refractivity contribution in [2.45, 2.75) is 6.54 Å². The lowest BCUT2D eigenvalue weighted by molar-refractivity contribution is 0.241. The summed E-state index contributed by atoms with van der Waals surface area (Å²) in [5.41, 5.74) is 6.34. The standard InChI is InChI=1S/C12H15N5O2S2/c1-14-11(18)15-5-7-3-4-9(19-7)8-6-21-12(16-8)17-10(13)20-2/h3-4,6H,5H2,1-2H3,(H2,13,16,17)(H2,14,15,18). The molecule has 0 aliphatic carbocycles. The molecule has 9 heteroatoms. The third-order valence-corrected chi connectivity index (χ3v) is 3.72. The van der Waals surface area contributed by atoms with Gasteiger partial charge in [-0.1, -0.05) is 11.8 Å². The lowest BCUT2D eigenvalue weighted by Crippen LogP contribution is -2.31. The van der Waals surface area contributed by atoms with Crippen LogP contribution in [0.3, 0.4) is 0 Å². The molecular formula is C12H15N5O2S2. The first kappa shape index (κ1) is 15.4. The average molecular weight is 325 g/mol. The molecule has 0 fully saturated rings. The van der Waals surface area contributed by atoms with E-state index in [9.17, 15) is 4.79 Å². The molecular weight excluding hydrogens is 310 g/mol. The number of nitrogens with zero attached hydrogens (tertiary/aromatic N) is 2. The van der Waals surface area contributed by atoms with Gasteiger partial charge < -0.3 is 20.8 Å². The monoisotopic (exact) mass is 325 g/mol. The van der Waals surface area contributed by atoms with Gasteiger partial charge >= 0.3 is 6.03 Å². The molecule has 0 saturated carbocycles. The molecule has 4 N–H and O–H groups in total. The Morgan fingerprint density at radius 1 is 1.57 bits per heavy atom. The number of thioether (sulfide) groups is 1. The number of furan rings is 1. The fraction of sp³-hybridized carbons (Fsp3) is 0.250. The number of rotatable bonds is 4. The molecule has 2 heterocycles. The van der Waals surface area contributed by atoms with E-state index in [-0.39, 0.29) is 6.03 Å². The number of carbonyl (C=O) groups is 1. The van der Waals surface area contributed by atoms with Gasteiger partial charge in [0.2, 0.25) is 5.13 Å². The van der Waals surface area contributed by atoms with Gasteiger partial charge in [0.15, 0.2) is 10.9 Å². The Hall–Kier alpha value is -2.00. The summed E-state index contributed by atoms with van der Waals surface area (Å²) in [6.45, 7) is 0.314. The number of nitrogens with one attached hydrogen (secondary N) is 2. The summed E-state index contributed by atoms with van der Waals surface area (Å²) in [5, 5.41) is 8.01. The topological polar surface area (TPSA) is 106 Å². The highest BCUT2D eigenvalue weighted by atomic mass is 32.2. The maximum atomic E-state index is 11.1. The Morgan fingerprint density at radius 2 is 2.38 bits per heavy atom. The Morgan fingerprint density at radius 3 is 3.10 bits per heavy atom. The number of urea groups is 1. The summed E-state index contributed by atoms with van der Waals surface area (Å²) in [6.07, 6.45) is 1.85. The van der Waals surface area contributed by atoms with E-state index in [1.807, 2.05) is 11.6 Å². The van der Waals surface area contributed by atoms with Crippen LogP contribution in [0.4, 0.5) is 9.93 Å². The van der Waals surface area contributed by atoms with Crippen LogP contribution in [-0.4, -0.2) is 29.5 Å². The van der Waals surface area contributed by atoms with Crippen molar-refractivity contribution in [2.75, 3.05) is 13.3 Å². The Bertz CT molecular complexity index is 650. The number of aromatic nitrogens is 1. The first-order valence-electron chi connectivity index (χ1n) is 6.00. The SMILES string of the molecule is CNC(=O)NCc1ccc(-c2csc(/N=C(\N)SC)n2)o1. The van der Waals surface area contributed by atoms with Gasteiger partial charge in [-0.05, 0) is 18.4 Å². The minimum absolute atomic E-state index is 0.259. The van der Waals surface area contributed by atoms with Crippen LogP contribution in [0, 0.1) is 0 Å². The Labute approximate surface area is 130 Å². The average Bonchev–Trinajstić information content (AvgIpc) is 3.13. The van der Waals surface area contributed by atoms with Crippen LogP contribution in [0.15, 0.2) is 26.9 Å². The highest BCUT2D eigenvalue weighted by molar-refractivity contribution is 8.13. The number of carbonyl (C=O) groups excluding carboxylic acids is 1. The van der Waals surface area contributed by atoms with Crippen LogP contribution >= 0.6 is 23.1 Å². The number of aliphatic imine (C=N–C) groups is 1. The summed E-state index contributed by atoms with van der Waals surface area (Å²) >= 11 is 2.75. The van der Waals surface area contributed by atoms with Crippen LogP contribution in [0.2, 0.25) is 0 Å². The summed E-state index contributed by atoms with van der Waals surface area (Å²) in [7, 11) is 1.56. The molecule has 112 valence electrons. The zero-order chi connectivity index (χ0) is 15.2. The zero-order valence-electron chi connectivity index (χ0n) is 11.5. The number of hydrogen-bond acceptors (Lipinski definition) is 6. The molecule has 2 aromatic heterocycles. The second-order valence-electron chi connectivity index (χ2n) is 3.87. The molecule has 2 rings (SSSR count). The van der Waals surface area contributed by atoms with Gasteiger partial charge in [-0.15, -0.1) is 11.3 Å². The van der Waals surface area contributed by atoms with Crippen LogP contribution in [0.25, 0.3) is 11.5 Å². The highest BCUT2D eigenvalue weighted by Gasteiger charge is 2.09. The quantitative estimate of drug-likeness (QED) is 0.590. The molecule has 0 unspecified atom stereocenters. The van der Waals surface area contributed by atoms with Crippen molar-refractivity contribution in [1.82, 2.24) is 15.6 Å². The maximum absolute atomic E-state index is 11.1. The molecule has 0 aliphatic heterocycles. The van der Waals surface area contributed by atoms with E-state index in [2.05, 4.69) is 20.6 Å². The smallest absolute Gasteiger partial charge is 0.314 e. The van der Waals surface area contributed by atoms with Gasteiger partial charge in [-0.3, -0.25) is 0 Å². The minimum atomic E-state index is -0.259. The van der Waals surface area contributed by atoms with Gasteiger partial charge in [-0.2, -0.15) is 4.99 Å². The van der Waals surface area contributed by atoms with E-state index >= 15 is 0 Å². The summed E-state index contributed by atoms with van der Waals surface area (Å²) in [4.78, 5) is 19.6. The van der Waals surface area contributed by atoms with Crippen molar-refractivity contribution in [3.05, 3.63) is 23.3 Å². The van der Waals surface area contributed by atoms with Gasteiger partial charge in [0.25, 0.3) is 0 Å². The van der Waals surface area contributed by atoms with Crippen molar-refractivity contribution in [2.24, 2.45) is 10.7 Å². The highest BCUT2D eigenvalue weighted by Crippen LogP contribution is 2.28. The van der Waals surface area contributed by atoms with Crippen LogP contribution in [-0.2, 0) is 6.54 Å². The lowest BCUT2D eigenvalue weighted by atomic mass is 10.3. The Kier molecular flexibility index (Phi) is 5.23. The molecule has 7 nitrogen and oxygen atoms in total. The molecule has 0 aromatic carbocycles. The van der Waals surface area contributed by atoms with E-state index in [4.69, 9.17) is 10.2 Å². The van der Waals surface area contributed by atoms with E-state index in [1.54, 1.807) is 19.2 Å². The number of thiazole rings is 1. The van der Waals surface area contributed by atoms with Crippen molar-refractivity contribution in [3.8, 4) is 11.5 Å². The zero-order valence-corrected chi connectivity index (χ0v) is 13.2. The van der Waals surface area contributed by atoms with E-state index in [0.717, 1.165) is 0 Å². The van der Waals surface area contributed by atoms with Crippen LogP contribution in [0.1, 0.15) is 5.76 Å². The van der Waals surface area contributed by atoms with Crippen molar-refractivity contribution in [3.63, 3.8) is 0 Å². The van der Waals surface area contributed by atoms with Crippen LogP contribution < -0.4 is 16.4 Å². The largest absolute Gasteiger partial charge is 0.458 e. The van der Waals surface area contributed by atoms with Crippen molar-refractivity contribution >= 4 is 39.4 Å². The summed E-state index contributed by atoms with van der Waals surface area (Å²) in [6, 6.07) is 3.34. The molecule has 0 saturated heterocycles. The summed E-state index contributed by atoms with van der Waals surface area (Å²) < 4.78 is 5.63. The lowest BCUT2D eigenvalue weighted by Gasteiger charge is -2.00. The van der Waals surface area contributed by atoms with Crippen LogP contribution in [0.5, 0.6) is 0 Å². The molecule has 2 aromatic rings. The van der Waals surface area contributed by atoms with Crippen molar-refractivity contribution < 1.29 is 9.21 Å². The Balaban J connectivity index is 2.06. The second kappa shape index (κ2) is 7.14. The first-order valence-corrected chi connectivity index (χ1v) is 8.11.